The van der Waals surface area contributed by atoms with Gasteiger partial charge in [-0.3, -0.25) is 9.48 Å². The predicted molar refractivity (Wildman–Crippen MR) is 112 cm³/mol. The molecule has 1 aliphatic heterocycles. The summed E-state index contributed by atoms with van der Waals surface area (Å²) in [5.41, 5.74) is 8.57. The Hall–Kier alpha value is -3.39. The fourth-order valence-corrected chi connectivity index (χ4v) is 3.64. The van der Waals surface area contributed by atoms with Crippen LogP contribution in [-0.4, -0.2) is 33.2 Å². The van der Waals surface area contributed by atoms with Crippen LogP contribution in [0.5, 0.6) is 0 Å². The van der Waals surface area contributed by atoms with E-state index in [-0.39, 0.29) is 18.1 Å². The fraction of sp³-hybridized carbons (Fsp3) is 0.190. The molecular formula is C21H19ClFN5O2. The number of amides is 3. The first kappa shape index (κ1) is 19.9. The number of hydrogen-bond acceptors (Lipinski definition) is 3. The maximum Gasteiger partial charge on any atom is 0.322 e. The van der Waals surface area contributed by atoms with Gasteiger partial charge in [0, 0.05) is 22.8 Å². The Kier molecular flexibility index (Phi) is 5.17. The number of halogens is 2. The first-order chi connectivity index (χ1) is 14.3. The SMILES string of the molecule is Cc1ccc(NC(=O)N2CCn3nc(-c4cccc(F)c4)c(C(N)=O)c3C2)cc1Cl. The van der Waals surface area contributed by atoms with E-state index in [1.807, 2.05) is 13.0 Å². The second kappa shape index (κ2) is 7.79. The average Bonchev–Trinajstić information content (AvgIpc) is 3.10. The van der Waals surface area contributed by atoms with E-state index in [1.165, 1.54) is 12.1 Å². The zero-order valence-corrected chi connectivity index (χ0v) is 16.9. The van der Waals surface area contributed by atoms with Crippen LogP contribution in [0.25, 0.3) is 11.3 Å². The highest BCUT2D eigenvalue weighted by atomic mass is 35.5. The first-order valence-electron chi connectivity index (χ1n) is 9.31. The lowest BCUT2D eigenvalue weighted by Gasteiger charge is -2.28. The summed E-state index contributed by atoms with van der Waals surface area (Å²) in [6, 6.07) is 10.8. The number of nitrogens with zero attached hydrogens (tertiary/aromatic N) is 3. The minimum absolute atomic E-state index is 0.145. The number of aromatic nitrogens is 2. The molecule has 0 bridgehead atoms. The van der Waals surface area contributed by atoms with Crippen molar-refractivity contribution in [2.24, 2.45) is 5.73 Å². The van der Waals surface area contributed by atoms with E-state index in [2.05, 4.69) is 10.4 Å². The quantitative estimate of drug-likeness (QED) is 0.665. The van der Waals surface area contributed by atoms with Gasteiger partial charge in [-0.2, -0.15) is 5.10 Å². The van der Waals surface area contributed by atoms with Crippen LogP contribution in [0.15, 0.2) is 42.5 Å². The van der Waals surface area contributed by atoms with Crippen LogP contribution in [0.3, 0.4) is 0 Å². The van der Waals surface area contributed by atoms with Gasteiger partial charge >= 0.3 is 6.03 Å². The van der Waals surface area contributed by atoms with Crippen molar-refractivity contribution in [2.45, 2.75) is 20.0 Å². The maximum absolute atomic E-state index is 13.7. The number of nitrogens with one attached hydrogen (secondary N) is 1. The van der Waals surface area contributed by atoms with E-state index in [0.717, 1.165) is 5.56 Å². The van der Waals surface area contributed by atoms with Gasteiger partial charge in [-0.1, -0.05) is 29.8 Å². The summed E-state index contributed by atoms with van der Waals surface area (Å²) in [4.78, 5) is 26.5. The number of urea groups is 1. The van der Waals surface area contributed by atoms with Crippen molar-refractivity contribution >= 4 is 29.2 Å². The summed E-state index contributed by atoms with van der Waals surface area (Å²) < 4.78 is 15.3. The molecule has 0 unspecified atom stereocenters. The Labute approximate surface area is 177 Å². The molecule has 154 valence electrons. The van der Waals surface area contributed by atoms with Gasteiger partial charge in [-0.05, 0) is 36.8 Å². The number of rotatable bonds is 3. The molecule has 1 aromatic heterocycles. The van der Waals surface area contributed by atoms with Crippen molar-refractivity contribution < 1.29 is 14.0 Å². The topological polar surface area (TPSA) is 93.2 Å². The smallest absolute Gasteiger partial charge is 0.322 e. The molecule has 3 aromatic rings. The molecular weight excluding hydrogens is 409 g/mol. The summed E-state index contributed by atoms with van der Waals surface area (Å²) in [7, 11) is 0. The van der Waals surface area contributed by atoms with Crippen molar-refractivity contribution in [3.05, 3.63) is 70.1 Å². The zero-order chi connectivity index (χ0) is 21.4. The standard InChI is InChI=1S/C21H19ClFN5O2/c1-12-5-6-15(10-16(12)22)25-21(30)27-7-8-28-17(11-27)18(20(24)29)19(26-28)13-3-2-4-14(23)9-13/h2-6,9-10H,7-8,11H2,1H3,(H2,24,29)(H,25,30). The zero-order valence-electron chi connectivity index (χ0n) is 16.2. The van der Waals surface area contributed by atoms with E-state index < -0.39 is 11.7 Å². The molecule has 0 fully saturated rings. The van der Waals surface area contributed by atoms with Gasteiger partial charge in [-0.25, -0.2) is 9.18 Å². The Balaban J connectivity index is 1.62. The Morgan fingerprint density at radius 3 is 2.70 bits per heavy atom. The molecule has 0 radical (unpaired) electrons. The monoisotopic (exact) mass is 427 g/mol. The third-order valence-corrected chi connectivity index (χ3v) is 5.44. The van der Waals surface area contributed by atoms with E-state index in [4.69, 9.17) is 17.3 Å². The van der Waals surface area contributed by atoms with Crippen molar-refractivity contribution in [3.63, 3.8) is 0 Å². The van der Waals surface area contributed by atoms with Crippen LogP contribution in [0, 0.1) is 12.7 Å². The number of primary amides is 1. The molecule has 30 heavy (non-hydrogen) atoms. The molecule has 3 amide bonds. The average molecular weight is 428 g/mol. The highest BCUT2D eigenvalue weighted by Crippen LogP contribution is 2.29. The normalized spacial score (nSPS) is 13.1. The fourth-order valence-electron chi connectivity index (χ4n) is 3.46. The Bertz CT molecular complexity index is 1160. The third kappa shape index (κ3) is 3.73. The van der Waals surface area contributed by atoms with Crippen LogP contribution in [-0.2, 0) is 13.1 Å². The number of nitrogens with two attached hydrogens (primary N) is 1. The van der Waals surface area contributed by atoms with Gasteiger partial charge < -0.3 is 16.0 Å². The predicted octanol–water partition coefficient (Wildman–Crippen LogP) is 3.80. The van der Waals surface area contributed by atoms with Crippen LogP contribution < -0.4 is 11.1 Å². The number of aryl methyl sites for hydroxylation is 1. The molecule has 0 spiro atoms. The number of anilines is 1. The number of benzene rings is 2. The molecule has 9 heteroatoms. The van der Waals surface area contributed by atoms with E-state index in [0.29, 0.717) is 40.8 Å². The molecule has 0 saturated carbocycles. The number of carbonyl (C=O) groups is 2. The van der Waals surface area contributed by atoms with Crippen molar-refractivity contribution in [1.82, 2.24) is 14.7 Å². The highest BCUT2D eigenvalue weighted by Gasteiger charge is 2.29. The highest BCUT2D eigenvalue weighted by molar-refractivity contribution is 6.31. The van der Waals surface area contributed by atoms with Gasteiger partial charge in [0.1, 0.15) is 11.5 Å². The Morgan fingerprint density at radius 1 is 1.20 bits per heavy atom. The summed E-state index contributed by atoms with van der Waals surface area (Å²) in [5, 5.41) is 7.82. The lowest BCUT2D eigenvalue weighted by molar-refractivity contribution is 0.0997. The van der Waals surface area contributed by atoms with Crippen LogP contribution in [0.2, 0.25) is 5.02 Å². The van der Waals surface area contributed by atoms with Crippen molar-refractivity contribution in [1.29, 1.82) is 0 Å². The summed E-state index contributed by atoms with van der Waals surface area (Å²) >= 11 is 6.12. The van der Waals surface area contributed by atoms with Gasteiger partial charge in [0.15, 0.2) is 0 Å². The molecule has 4 rings (SSSR count). The maximum atomic E-state index is 13.7. The first-order valence-corrected chi connectivity index (χ1v) is 9.69. The number of hydrogen-bond donors (Lipinski definition) is 2. The van der Waals surface area contributed by atoms with Crippen molar-refractivity contribution in [2.75, 3.05) is 11.9 Å². The number of fused-ring (bicyclic) bond motifs is 1. The summed E-state index contributed by atoms with van der Waals surface area (Å²) in [6.07, 6.45) is 0. The van der Waals surface area contributed by atoms with Gasteiger partial charge in [0.25, 0.3) is 5.91 Å². The molecule has 0 atom stereocenters. The van der Waals surface area contributed by atoms with E-state index in [9.17, 15) is 14.0 Å². The minimum atomic E-state index is -0.678. The summed E-state index contributed by atoms with van der Waals surface area (Å²) in [6.45, 7) is 2.79. The molecule has 1 aliphatic rings. The lowest BCUT2D eigenvalue weighted by Crippen LogP contribution is -2.41. The molecule has 0 aliphatic carbocycles. The Morgan fingerprint density at radius 2 is 2.00 bits per heavy atom. The largest absolute Gasteiger partial charge is 0.365 e. The van der Waals surface area contributed by atoms with Gasteiger partial charge in [-0.15, -0.1) is 0 Å². The summed E-state index contributed by atoms with van der Waals surface area (Å²) in [5.74, 6) is -1.12. The number of carbonyl (C=O) groups excluding carboxylic acids is 2. The van der Waals surface area contributed by atoms with Crippen LogP contribution in [0.1, 0.15) is 21.6 Å². The van der Waals surface area contributed by atoms with Crippen LogP contribution >= 0.6 is 11.6 Å². The second-order valence-corrected chi connectivity index (χ2v) is 7.49. The van der Waals surface area contributed by atoms with Crippen molar-refractivity contribution in [3.8, 4) is 11.3 Å². The molecule has 2 aromatic carbocycles. The lowest BCUT2D eigenvalue weighted by atomic mass is 10.0. The van der Waals surface area contributed by atoms with E-state index >= 15 is 0 Å². The van der Waals surface area contributed by atoms with Gasteiger partial charge in [0.05, 0.1) is 24.3 Å². The molecule has 7 nitrogen and oxygen atoms in total. The third-order valence-electron chi connectivity index (χ3n) is 5.03. The van der Waals surface area contributed by atoms with Crippen LogP contribution in [0.4, 0.5) is 14.9 Å². The van der Waals surface area contributed by atoms with E-state index in [1.54, 1.807) is 33.8 Å². The minimum Gasteiger partial charge on any atom is -0.365 e. The molecule has 0 saturated heterocycles. The molecule has 2 heterocycles. The van der Waals surface area contributed by atoms with Gasteiger partial charge in [0.2, 0.25) is 0 Å². The molecule has 3 N–H and O–H groups in total. The second-order valence-electron chi connectivity index (χ2n) is 7.08.